The second-order valence-electron chi connectivity index (χ2n) is 9.24. The van der Waals surface area contributed by atoms with Gasteiger partial charge in [-0.05, 0) is 50.3 Å². The lowest BCUT2D eigenvalue weighted by atomic mass is 9.75. The highest BCUT2D eigenvalue weighted by Crippen LogP contribution is 2.43. The summed E-state index contributed by atoms with van der Waals surface area (Å²) in [5.74, 6) is 0.190. The monoisotopic (exact) mass is 442 g/mol. The van der Waals surface area contributed by atoms with Gasteiger partial charge in [-0.1, -0.05) is 25.0 Å². The topological polar surface area (TPSA) is 76.2 Å². The van der Waals surface area contributed by atoms with Crippen molar-refractivity contribution >= 4 is 17.7 Å². The van der Waals surface area contributed by atoms with Crippen LogP contribution in [0.4, 0.5) is 0 Å². The Balaban J connectivity index is 1.63. The van der Waals surface area contributed by atoms with E-state index >= 15 is 0 Å². The predicted molar refractivity (Wildman–Crippen MR) is 119 cm³/mol. The van der Waals surface area contributed by atoms with E-state index in [-0.39, 0.29) is 42.7 Å². The average Bonchev–Trinajstić information content (AvgIpc) is 3.55. The third kappa shape index (κ3) is 4.27. The molecule has 1 aromatic rings. The number of imide groups is 1. The Hall–Kier alpha value is -2.41. The van der Waals surface area contributed by atoms with Crippen molar-refractivity contribution in [3.05, 3.63) is 29.8 Å². The molecule has 0 aromatic heterocycles. The van der Waals surface area contributed by atoms with E-state index in [2.05, 4.69) is 0 Å². The van der Waals surface area contributed by atoms with E-state index in [1.165, 1.54) is 4.90 Å². The van der Waals surface area contributed by atoms with Crippen LogP contribution in [0.1, 0.15) is 63.9 Å². The molecule has 1 aromatic carbocycles. The van der Waals surface area contributed by atoms with Gasteiger partial charge in [0.2, 0.25) is 17.7 Å². The minimum absolute atomic E-state index is 0.00627. The number of hydrogen-bond acceptors (Lipinski definition) is 5. The average molecular weight is 443 g/mol. The van der Waals surface area contributed by atoms with Crippen LogP contribution in [0.25, 0.3) is 0 Å². The first-order chi connectivity index (χ1) is 15.5. The Morgan fingerprint density at radius 3 is 2.47 bits per heavy atom. The number of rotatable bonds is 8. The van der Waals surface area contributed by atoms with Crippen molar-refractivity contribution in [3.8, 4) is 5.75 Å². The van der Waals surface area contributed by atoms with Gasteiger partial charge in [0.1, 0.15) is 5.75 Å². The largest absolute Gasteiger partial charge is 0.497 e. The van der Waals surface area contributed by atoms with Crippen LogP contribution in [0.2, 0.25) is 0 Å². The number of hydrogen-bond donors (Lipinski definition) is 0. The number of carbonyl (C=O) groups excluding carboxylic acids is 3. The van der Waals surface area contributed by atoms with Gasteiger partial charge >= 0.3 is 0 Å². The molecule has 7 nitrogen and oxygen atoms in total. The van der Waals surface area contributed by atoms with Gasteiger partial charge in [-0.3, -0.25) is 19.3 Å². The molecule has 2 aliphatic heterocycles. The smallest absolute Gasteiger partial charge is 0.241 e. The predicted octanol–water partition coefficient (Wildman–Crippen LogP) is 3.05. The number of likely N-dealkylation sites (tertiary alicyclic amines) is 1. The van der Waals surface area contributed by atoms with Gasteiger partial charge < -0.3 is 14.4 Å². The van der Waals surface area contributed by atoms with Crippen molar-refractivity contribution in [2.75, 3.05) is 26.8 Å². The molecule has 0 radical (unpaired) electrons. The number of likely N-dealkylation sites (N-methyl/N-ethyl adjacent to an activating group) is 1. The van der Waals surface area contributed by atoms with Gasteiger partial charge in [0.15, 0.2) is 0 Å². The molecule has 32 heavy (non-hydrogen) atoms. The maximum absolute atomic E-state index is 13.8. The molecule has 0 unspecified atom stereocenters. The summed E-state index contributed by atoms with van der Waals surface area (Å²) in [7, 11) is 1.59. The summed E-state index contributed by atoms with van der Waals surface area (Å²) in [6.07, 6.45) is 5.80. The highest BCUT2D eigenvalue weighted by molar-refractivity contribution is 6.11. The van der Waals surface area contributed by atoms with Crippen molar-refractivity contribution in [2.24, 2.45) is 0 Å². The van der Waals surface area contributed by atoms with Gasteiger partial charge in [-0.2, -0.15) is 0 Å². The Bertz CT molecular complexity index is 842. The molecule has 3 fully saturated rings. The van der Waals surface area contributed by atoms with Crippen molar-refractivity contribution in [3.63, 3.8) is 0 Å². The van der Waals surface area contributed by atoms with Gasteiger partial charge in [0.05, 0.1) is 18.6 Å². The molecular weight excluding hydrogens is 408 g/mol. The van der Waals surface area contributed by atoms with Crippen LogP contribution in [0.15, 0.2) is 24.3 Å². The van der Waals surface area contributed by atoms with Crippen LogP contribution in [0, 0.1) is 0 Å². The number of nitrogens with zero attached hydrogens (tertiary/aromatic N) is 2. The summed E-state index contributed by atoms with van der Waals surface area (Å²) < 4.78 is 11.0. The lowest BCUT2D eigenvalue weighted by molar-refractivity contribution is -0.145. The Morgan fingerprint density at radius 2 is 1.88 bits per heavy atom. The quantitative estimate of drug-likeness (QED) is 0.579. The number of benzene rings is 1. The first-order valence-corrected chi connectivity index (χ1v) is 11.9. The van der Waals surface area contributed by atoms with Crippen molar-refractivity contribution in [1.29, 1.82) is 0 Å². The normalized spacial score (nSPS) is 26.2. The standard InChI is InChI=1S/C25H34N2O5/c1-3-26(17-21-9-6-14-32-21)22(28)15-25(18-10-12-20(31-2)13-11-18)16-23(29)27(24(25)30)19-7-4-5-8-19/h10-13,19,21H,3-9,14-17H2,1-2H3/t21-,25-/m1/s1. The summed E-state index contributed by atoms with van der Waals surface area (Å²) in [4.78, 5) is 43.7. The molecule has 2 atom stereocenters. The SMILES string of the molecule is CCN(C[C@H]1CCCO1)C(=O)C[C@]1(c2ccc(OC)cc2)CC(=O)N(C2CCCC2)C1=O. The molecule has 2 saturated heterocycles. The second kappa shape index (κ2) is 9.61. The highest BCUT2D eigenvalue weighted by atomic mass is 16.5. The maximum atomic E-state index is 13.8. The fraction of sp³-hybridized carbons (Fsp3) is 0.640. The molecule has 4 rings (SSSR count). The molecule has 2 heterocycles. The summed E-state index contributed by atoms with van der Waals surface area (Å²) >= 11 is 0. The Labute approximate surface area is 190 Å². The summed E-state index contributed by atoms with van der Waals surface area (Å²) in [5.41, 5.74) is -0.453. The van der Waals surface area contributed by atoms with E-state index in [1.54, 1.807) is 24.1 Å². The molecular formula is C25H34N2O5. The van der Waals surface area contributed by atoms with Crippen LogP contribution in [-0.4, -0.2) is 66.5 Å². The van der Waals surface area contributed by atoms with Crippen LogP contribution in [0.5, 0.6) is 5.75 Å². The van der Waals surface area contributed by atoms with E-state index in [1.807, 2.05) is 19.1 Å². The third-order valence-corrected chi connectivity index (χ3v) is 7.32. The molecule has 1 saturated carbocycles. The Kier molecular flexibility index (Phi) is 6.84. The summed E-state index contributed by atoms with van der Waals surface area (Å²) in [6, 6.07) is 7.19. The molecule has 0 spiro atoms. The Morgan fingerprint density at radius 1 is 1.16 bits per heavy atom. The zero-order valence-electron chi connectivity index (χ0n) is 19.2. The van der Waals surface area contributed by atoms with Gasteiger partial charge in [-0.15, -0.1) is 0 Å². The minimum Gasteiger partial charge on any atom is -0.497 e. The summed E-state index contributed by atoms with van der Waals surface area (Å²) in [6.45, 7) is 3.75. The van der Waals surface area contributed by atoms with Crippen molar-refractivity contribution < 1.29 is 23.9 Å². The fourth-order valence-electron chi connectivity index (χ4n) is 5.48. The maximum Gasteiger partial charge on any atom is 0.241 e. The molecule has 3 amide bonds. The summed E-state index contributed by atoms with van der Waals surface area (Å²) in [5, 5.41) is 0. The first kappa shape index (κ1) is 22.8. The van der Waals surface area contributed by atoms with Gasteiger partial charge in [0.25, 0.3) is 0 Å². The zero-order valence-corrected chi connectivity index (χ0v) is 19.2. The molecule has 1 aliphatic carbocycles. The van der Waals surface area contributed by atoms with Crippen LogP contribution < -0.4 is 4.74 Å². The zero-order chi connectivity index (χ0) is 22.7. The fourth-order valence-corrected chi connectivity index (χ4v) is 5.48. The van der Waals surface area contributed by atoms with E-state index in [0.717, 1.165) is 45.1 Å². The highest BCUT2D eigenvalue weighted by Gasteiger charge is 2.56. The van der Waals surface area contributed by atoms with E-state index in [9.17, 15) is 14.4 Å². The van der Waals surface area contributed by atoms with Crippen LogP contribution in [-0.2, 0) is 24.5 Å². The number of amides is 3. The number of methoxy groups -OCH3 is 1. The lowest BCUT2D eigenvalue weighted by Gasteiger charge is -2.32. The van der Waals surface area contributed by atoms with E-state index in [4.69, 9.17) is 9.47 Å². The molecule has 0 N–H and O–H groups in total. The molecule has 3 aliphatic rings. The minimum atomic E-state index is -1.16. The van der Waals surface area contributed by atoms with E-state index < -0.39 is 5.41 Å². The third-order valence-electron chi connectivity index (χ3n) is 7.32. The van der Waals surface area contributed by atoms with Crippen LogP contribution >= 0.6 is 0 Å². The van der Waals surface area contributed by atoms with Crippen LogP contribution in [0.3, 0.4) is 0 Å². The second-order valence-corrected chi connectivity index (χ2v) is 9.24. The molecule has 0 bridgehead atoms. The number of ether oxygens (including phenoxy) is 2. The first-order valence-electron chi connectivity index (χ1n) is 11.9. The van der Waals surface area contributed by atoms with Crippen molar-refractivity contribution in [2.45, 2.75) is 75.9 Å². The van der Waals surface area contributed by atoms with Crippen molar-refractivity contribution in [1.82, 2.24) is 9.80 Å². The number of carbonyl (C=O) groups is 3. The molecule has 7 heteroatoms. The van der Waals surface area contributed by atoms with Gasteiger partial charge in [-0.25, -0.2) is 0 Å². The van der Waals surface area contributed by atoms with Gasteiger partial charge in [0, 0.05) is 38.6 Å². The molecule has 174 valence electrons. The van der Waals surface area contributed by atoms with E-state index in [0.29, 0.717) is 24.4 Å². The lowest BCUT2D eigenvalue weighted by Crippen LogP contribution is -2.46.